The lowest BCUT2D eigenvalue weighted by atomic mass is 10.2. The van der Waals surface area contributed by atoms with Crippen LogP contribution in [0.25, 0.3) is 0 Å². The standard InChI is InChI=1S/C13H17N3O3/c14-13(18)10-2-1-3-11(8-10)15-9-12(17)16-4-6-19-7-5-16/h1-3,8,15H,4-7,9H2,(H2,14,18). The third-order valence-electron chi connectivity index (χ3n) is 2.95. The van der Waals surface area contributed by atoms with Crippen LogP contribution in [0.3, 0.4) is 0 Å². The molecule has 1 aromatic carbocycles. The van der Waals surface area contributed by atoms with E-state index in [-0.39, 0.29) is 12.5 Å². The molecular weight excluding hydrogens is 246 g/mol. The van der Waals surface area contributed by atoms with Gasteiger partial charge in [0.05, 0.1) is 19.8 Å². The van der Waals surface area contributed by atoms with E-state index in [1.54, 1.807) is 29.2 Å². The largest absolute Gasteiger partial charge is 0.378 e. The summed E-state index contributed by atoms with van der Waals surface area (Å²) in [5.74, 6) is -0.462. The number of benzene rings is 1. The van der Waals surface area contributed by atoms with Crippen molar-refractivity contribution in [2.24, 2.45) is 5.73 Å². The zero-order valence-corrected chi connectivity index (χ0v) is 10.6. The van der Waals surface area contributed by atoms with Gasteiger partial charge in [0.2, 0.25) is 11.8 Å². The second-order valence-corrected chi connectivity index (χ2v) is 4.29. The number of nitrogens with two attached hydrogens (primary N) is 1. The Bertz CT molecular complexity index is 470. The molecule has 0 bridgehead atoms. The van der Waals surface area contributed by atoms with Gasteiger partial charge in [0.1, 0.15) is 0 Å². The minimum absolute atomic E-state index is 0.0211. The fourth-order valence-corrected chi connectivity index (χ4v) is 1.88. The molecule has 2 rings (SSSR count). The molecule has 0 aromatic heterocycles. The van der Waals surface area contributed by atoms with Gasteiger partial charge in [-0.15, -0.1) is 0 Å². The number of hydrogen-bond acceptors (Lipinski definition) is 4. The van der Waals surface area contributed by atoms with Crippen molar-refractivity contribution >= 4 is 17.5 Å². The topological polar surface area (TPSA) is 84.7 Å². The number of nitrogens with zero attached hydrogens (tertiary/aromatic N) is 1. The highest BCUT2D eigenvalue weighted by molar-refractivity contribution is 5.93. The number of ether oxygens (including phenoxy) is 1. The quantitative estimate of drug-likeness (QED) is 0.804. The van der Waals surface area contributed by atoms with Crippen LogP contribution in [0.2, 0.25) is 0 Å². The van der Waals surface area contributed by atoms with Crippen LogP contribution in [0, 0.1) is 0 Å². The number of morpholine rings is 1. The van der Waals surface area contributed by atoms with Gasteiger partial charge in [0, 0.05) is 24.3 Å². The zero-order chi connectivity index (χ0) is 13.7. The van der Waals surface area contributed by atoms with E-state index in [9.17, 15) is 9.59 Å². The summed E-state index contributed by atoms with van der Waals surface area (Å²) in [5.41, 5.74) is 6.33. The number of nitrogens with one attached hydrogen (secondary N) is 1. The van der Waals surface area contributed by atoms with Gasteiger partial charge >= 0.3 is 0 Å². The lowest BCUT2D eigenvalue weighted by molar-refractivity contribution is -0.133. The number of carbonyl (C=O) groups is 2. The number of rotatable bonds is 4. The molecule has 1 heterocycles. The van der Waals surface area contributed by atoms with E-state index < -0.39 is 5.91 Å². The minimum Gasteiger partial charge on any atom is -0.378 e. The first kappa shape index (κ1) is 13.4. The maximum absolute atomic E-state index is 11.9. The molecule has 0 aliphatic carbocycles. The monoisotopic (exact) mass is 263 g/mol. The number of hydrogen-bond donors (Lipinski definition) is 2. The predicted molar refractivity (Wildman–Crippen MR) is 70.8 cm³/mol. The summed E-state index contributed by atoms with van der Waals surface area (Å²) in [7, 11) is 0. The van der Waals surface area contributed by atoms with Crippen molar-refractivity contribution < 1.29 is 14.3 Å². The van der Waals surface area contributed by atoms with E-state index in [1.807, 2.05) is 0 Å². The van der Waals surface area contributed by atoms with Crippen LogP contribution in [0.4, 0.5) is 5.69 Å². The molecule has 0 spiro atoms. The van der Waals surface area contributed by atoms with Crippen molar-refractivity contribution in [3.05, 3.63) is 29.8 Å². The summed E-state index contributed by atoms with van der Waals surface area (Å²) in [4.78, 5) is 24.7. The number of carbonyl (C=O) groups excluding carboxylic acids is 2. The van der Waals surface area contributed by atoms with E-state index >= 15 is 0 Å². The minimum atomic E-state index is -0.483. The molecule has 3 N–H and O–H groups in total. The van der Waals surface area contributed by atoms with Crippen LogP contribution in [0.1, 0.15) is 10.4 Å². The Morgan fingerprint density at radius 3 is 2.74 bits per heavy atom. The highest BCUT2D eigenvalue weighted by atomic mass is 16.5. The number of amides is 2. The third-order valence-corrected chi connectivity index (χ3v) is 2.95. The molecule has 0 radical (unpaired) electrons. The van der Waals surface area contributed by atoms with Gasteiger partial charge in [0.25, 0.3) is 0 Å². The fourth-order valence-electron chi connectivity index (χ4n) is 1.88. The Labute approximate surface area is 111 Å². The van der Waals surface area contributed by atoms with Gasteiger partial charge in [-0.1, -0.05) is 6.07 Å². The molecule has 1 fully saturated rings. The first-order chi connectivity index (χ1) is 9.16. The van der Waals surface area contributed by atoms with Gasteiger partial charge in [-0.2, -0.15) is 0 Å². The molecule has 1 aromatic rings. The molecule has 2 amide bonds. The maximum Gasteiger partial charge on any atom is 0.248 e. The SMILES string of the molecule is NC(=O)c1cccc(NCC(=O)N2CCOCC2)c1. The normalized spacial score (nSPS) is 15.1. The van der Waals surface area contributed by atoms with Crippen molar-refractivity contribution in [2.45, 2.75) is 0 Å². The van der Waals surface area contributed by atoms with Gasteiger partial charge in [-0.3, -0.25) is 9.59 Å². The predicted octanol–water partition coefficient (Wildman–Crippen LogP) is 0.0562. The number of anilines is 1. The second kappa shape index (κ2) is 6.19. The van der Waals surface area contributed by atoms with Gasteiger partial charge in [0.15, 0.2) is 0 Å². The van der Waals surface area contributed by atoms with E-state index in [0.29, 0.717) is 37.6 Å². The summed E-state index contributed by atoms with van der Waals surface area (Å²) in [6.45, 7) is 2.62. The van der Waals surface area contributed by atoms with Crippen LogP contribution in [0.5, 0.6) is 0 Å². The van der Waals surface area contributed by atoms with Crippen LogP contribution < -0.4 is 11.1 Å². The molecule has 102 valence electrons. The van der Waals surface area contributed by atoms with Gasteiger partial charge in [-0.25, -0.2) is 0 Å². The average Bonchev–Trinajstić information content (AvgIpc) is 2.46. The van der Waals surface area contributed by atoms with Crippen molar-refractivity contribution in [3.63, 3.8) is 0 Å². The van der Waals surface area contributed by atoms with E-state index in [4.69, 9.17) is 10.5 Å². The molecule has 0 unspecified atom stereocenters. The smallest absolute Gasteiger partial charge is 0.248 e. The third kappa shape index (κ3) is 3.69. The molecule has 1 aliphatic heterocycles. The Morgan fingerprint density at radius 2 is 2.05 bits per heavy atom. The molecule has 19 heavy (non-hydrogen) atoms. The maximum atomic E-state index is 11.9. The van der Waals surface area contributed by atoms with Crippen molar-refractivity contribution in [1.29, 1.82) is 0 Å². The number of primary amides is 1. The van der Waals surface area contributed by atoms with Crippen LogP contribution in [-0.4, -0.2) is 49.6 Å². The van der Waals surface area contributed by atoms with E-state index in [0.717, 1.165) is 0 Å². The highest BCUT2D eigenvalue weighted by Crippen LogP contribution is 2.10. The second-order valence-electron chi connectivity index (χ2n) is 4.29. The first-order valence-electron chi connectivity index (χ1n) is 6.16. The highest BCUT2D eigenvalue weighted by Gasteiger charge is 2.16. The Hall–Kier alpha value is -2.08. The van der Waals surface area contributed by atoms with Crippen molar-refractivity contribution in [2.75, 3.05) is 38.2 Å². The fraction of sp³-hybridized carbons (Fsp3) is 0.385. The first-order valence-corrected chi connectivity index (χ1v) is 6.16. The lowest BCUT2D eigenvalue weighted by Crippen LogP contribution is -2.43. The van der Waals surface area contributed by atoms with Crippen LogP contribution >= 0.6 is 0 Å². The van der Waals surface area contributed by atoms with Crippen LogP contribution in [0.15, 0.2) is 24.3 Å². The van der Waals surface area contributed by atoms with Gasteiger partial charge < -0.3 is 20.7 Å². The molecule has 6 nitrogen and oxygen atoms in total. The molecule has 0 atom stereocenters. The molecule has 1 aliphatic rings. The molecule has 1 saturated heterocycles. The Kier molecular flexibility index (Phi) is 4.35. The lowest BCUT2D eigenvalue weighted by Gasteiger charge is -2.27. The van der Waals surface area contributed by atoms with E-state index in [2.05, 4.69) is 5.32 Å². The Morgan fingerprint density at radius 1 is 1.32 bits per heavy atom. The summed E-state index contributed by atoms with van der Waals surface area (Å²) in [6.07, 6.45) is 0. The summed E-state index contributed by atoms with van der Waals surface area (Å²) in [6, 6.07) is 6.78. The van der Waals surface area contributed by atoms with E-state index in [1.165, 1.54) is 0 Å². The zero-order valence-electron chi connectivity index (χ0n) is 10.6. The van der Waals surface area contributed by atoms with Crippen molar-refractivity contribution in [1.82, 2.24) is 4.90 Å². The summed E-state index contributed by atoms with van der Waals surface area (Å²) < 4.78 is 5.19. The molecular formula is C13H17N3O3. The van der Waals surface area contributed by atoms with Crippen molar-refractivity contribution in [3.8, 4) is 0 Å². The van der Waals surface area contributed by atoms with Gasteiger partial charge in [-0.05, 0) is 18.2 Å². The summed E-state index contributed by atoms with van der Waals surface area (Å²) in [5, 5.41) is 3.00. The average molecular weight is 263 g/mol. The summed E-state index contributed by atoms with van der Waals surface area (Å²) >= 11 is 0. The van der Waals surface area contributed by atoms with Crippen LogP contribution in [-0.2, 0) is 9.53 Å². The Balaban J connectivity index is 1.89. The molecule has 6 heteroatoms. The molecule has 0 saturated carbocycles.